The first-order valence-electron chi connectivity index (χ1n) is 12.4. The molecule has 10 nitrogen and oxygen atoms in total. The number of hydrogen-bond donors (Lipinski definition) is 1. The quantitative estimate of drug-likeness (QED) is 0.298. The van der Waals surface area contributed by atoms with Gasteiger partial charge in [0.05, 0.1) is 18.1 Å². The van der Waals surface area contributed by atoms with Crippen LogP contribution in [-0.4, -0.2) is 74.1 Å². The predicted octanol–water partition coefficient (Wildman–Crippen LogP) is 4.06. The van der Waals surface area contributed by atoms with Crippen molar-refractivity contribution in [1.82, 2.24) is 9.80 Å². The SMILES string of the molecule is COc1cc(C(=O)Nc2ccc(OCc3ccccc3)cc2)c([N+](=O)[O-])cc1OCCN1CCN(C)CC1. The second-order valence-electron chi connectivity index (χ2n) is 9.02. The molecule has 1 saturated heterocycles. The average molecular weight is 521 g/mol. The first-order chi connectivity index (χ1) is 18.4. The fourth-order valence-corrected chi connectivity index (χ4v) is 4.08. The molecular formula is C28H32N4O6. The van der Waals surface area contributed by atoms with E-state index in [1.807, 2.05) is 30.3 Å². The summed E-state index contributed by atoms with van der Waals surface area (Å²) in [7, 11) is 3.52. The lowest BCUT2D eigenvalue weighted by Gasteiger charge is -2.32. The number of nitro groups is 1. The van der Waals surface area contributed by atoms with Gasteiger partial charge in [0.25, 0.3) is 11.6 Å². The highest BCUT2D eigenvalue weighted by Crippen LogP contribution is 2.35. The molecule has 200 valence electrons. The molecule has 0 bridgehead atoms. The van der Waals surface area contributed by atoms with Crippen molar-refractivity contribution in [2.75, 3.05) is 58.8 Å². The monoisotopic (exact) mass is 520 g/mol. The topological polar surface area (TPSA) is 106 Å². The van der Waals surface area contributed by atoms with Gasteiger partial charge in [-0.1, -0.05) is 30.3 Å². The number of piperazine rings is 1. The van der Waals surface area contributed by atoms with E-state index < -0.39 is 10.8 Å². The van der Waals surface area contributed by atoms with E-state index >= 15 is 0 Å². The number of amides is 1. The van der Waals surface area contributed by atoms with Crippen LogP contribution in [0.5, 0.6) is 17.2 Å². The van der Waals surface area contributed by atoms with Crippen LogP contribution in [-0.2, 0) is 6.61 Å². The number of carbonyl (C=O) groups is 1. The van der Waals surface area contributed by atoms with E-state index in [2.05, 4.69) is 22.2 Å². The maximum absolute atomic E-state index is 13.0. The molecule has 0 radical (unpaired) electrons. The number of carbonyl (C=O) groups excluding carboxylic acids is 1. The molecule has 0 aromatic heterocycles. The molecule has 38 heavy (non-hydrogen) atoms. The lowest BCUT2D eigenvalue weighted by atomic mass is 10.1. The molecule has 1 heterocycles. The minimum absolute atomic E-state index is 0.123. The Morgan fingerprint density at radius 3 is 2.34 bits per heavy atom. The van der Waals surface area contributed by atoms with Gasteiger partial charge in [-0.05, 0) is 36.9 Å². The van der Waals surface area contributed by atoms with Crippen LogP contribution in [0, 0.1) is 10.1 Å². The molecule has 3 aromatic carbocycles. The molecule has 0 unspecified atom stereocenters. The Morgan fingerprint density at radius 2 is 1.68 bits per heavy atom. The molecule has 1 N–H and O–H groups in total. The highest BCUT2D eigenvalue weighted by molar-refractivity contribution is 6.07. The fourth-order valence-electron chi connectivity index (χ4n) is 4.08. The van der Waals surface area contributed by atoms with Crippen molar-refractivity contribution in [2.45, 2.75) is 6.61 Å². The van der Waals surface area contributed by atoms with Crippen molar-refractivity contribution in [1.29, 1.82) is 0 Å². The van der Waals surface area contributed by atoms with Gasteiger partial charge in [0.1, 0.15) is 24.5 Å². The number of methoxy groups -OCH3 is 1. The Balaban J connectivity index is 1.40. The summed E-state index contributed by atoms with van der Waals surface area (Å²) in [5, 5.41) is 14.5. The van der Waals surface area contributed by atoms with Gasteiger partial charge in [-0.3, -0.25) is 19.8 Å². The Kier molecular flexibility index (Phi) is 9.12. The van der Waals surface area contributed by atoms with Crippen LogP contribution < -0.4 is 19.5 Å². The van der Waals surface area contributed by atoms with Crippen LogP contribution in [0.15, 0.2) is 66.7 Å². The predicted molar refractivity (Wildman–Crippen MR) is 144 cm³/mol. The summed E-state index contributed by atoms with van der Waals surface area (Å²) >= 11 is 0. The van der Waals surface area contributed by atoms with Crippen LogP contribution >= 0.6 is 0 Å². The molecule has 0 saturated carbocycles. The molecule has 3 aromatic rings. The Bertz CT molecular complexity index is 1230. The summed E-state index contributed by atoms with van der Waals surface area (Å²) in [5.41, 5.74) is 1.03. The van der Waals surface area contributed by atoms with Crippen molar-refractivity contribution in [2.24, 2.45) is 0 Å². The zero-order valence-corrected chi connectivity index (χ0v) is 21.6. The summed E-state index contributed by atoms with van der Waals surface area (Å²) in [6.45, 7) is 5.32. The lowest BCUT2D eigenvalue weighted by Crippen LogP contribution is -2.45. The van der Waals surface area contributed by atoms with Crippen LogP contribution in [0.1, 0.15) is 15.9 Å². The van der Waals surface area contributed by atoms with E-state index in [9.17, 15) is 14.9 Å². The van der Waals surface area contributed by atoms with Crippen LogP contribution in [0.25, 0.3) is 0 Å². The summed E-state index contributed by atoms with van der Waals surface area (Å²) in [6.07, 6.45) is 0. The van der Waals surface area contributed by atoms with Crippen molar-refractivity contribution >= 4 is 17.3 Å². The maximum Gasteiger partial charge on any atom is 0.286 e. The van der Waals surface area contributed by atoms with Crippen LogP contribution in [0.2, 0.25) is 0 Å². The number of nitro benzene ring substituents is 1. The van der Waals surface area contributed by atoms with E-state index in [-0.39, 0.29) is 22.7 Å². The van der Waals surface area contributed by atoms with Crippen molar-refractivity contribution in [3.8, 4) is 17.2 Å². The van der Waals surface area contributed by atoms with Gasteiger partial charge in [0.15, 0.2) is 11.5 Å². The highest BCUT2D eigenvalue weighted by atomic mass is 16.6. The summed E-state index contributed by atoms with van der Waals surface area (Å²) in [5.74, 6) is 0.489. The number of likely N-dealkylation sites (N-methyl/N-ethyl adjacent to an activating group) is 1. The van der Waals surface area contributed by atoms with E-state index in [4.69, 9.17) is 14.2 Å². The minimum Gasteiger partial charge on any atom is -0.493 e. The van der Waals surface area contributed by atoms with Gasteiger partial charge in [0, 0.05) is 44.5 Å². The fraction of sp³-hybridized carbons (Fsp3) is 0.321. The molecular weight excluding hydrogens is 488 g/mol. The molecule has 10 heteroatoms. The molecule has 1 aliphatic heterocycles. The van der Waals surface area contributed by atoms with Gasteiger partial charge < -0.3 is 24.4 Å². The Hall–Kier alpha value is -4.15. The molecule has 1 aliphatic rings. The smallest absolute Gasteiger partial charge is 0.286 e. The Morgan fingerprint density at radius 1 is 0.974 bits per heavy atom. The number of nitrogens with zero attached hydrogens (tertiary/aromatic N) is 3. The maximum atomic E-state index is 13.0. The molecule has 4 rings (SSSR count). The second kappa shape index (κ2) is 12.9. The number of benzene rings is 3. The molecule has 0 spiro atoms. The van der Waals surface area contributed by atoms with E-state index in [0.29, 0.717) is 31.2 Å². The zero-order valence-electron chi connectivity index (χ0n) is 21.6. The molecule has 0 aliphatic carbocycles. The highest BCUT2D eigenvalue weighted by Gasteiger charge is 2.25. The van der Waals surface area contributed by atoms with Crippen LogP contribution in [0.4, 0.5) is 11.4 Å². The first-order valence-corrected chi connectivity index (χ1v) is 12.4. The van der Waals surface area contributed by atoms with Gasteiger partial charge in [-0.25, -0.2) is 0 Å². The standard InChI is InChI=1S/C28H32N4O6/c1-30-12-14-31(15-13-30)16-17-37-27-19-25(32(34)35)24(18-26(27)36-2)28(33)29-22-8-10-23(11-9-22)38-20-21-6-4-3-5-7-21/h3-11,18-19H,12-17,20H2,1-2H3,(H,29,33). The van der Waals surface area contributed by atoms with Gasteiger partial charge in [-0.2, -0.15) is 0 Å². The number of ether oxygens (including phenoxy) is 3. The first kappa shape index (κ1) is 26.9. The van der Waals surface area contributed by atoms with Crippen molar-refractivity contribution in [3.63, 3.8) is 0 Å². The molecule has 1 fully saturated rings. The second-order valence-corrected chi connectivity index (χ2v) is 9.02. The number of rotatable bonds is 11. The van der Waals surface area contributed by atoms with Crippen molar-refractivity contribution < 1.29 is 23.9 Å². The largest absolute Gasteiger partial charge is 0.493 e. The molecule has 1 amide bonds. The van der Waals surface area contributed by atoms with E-state index in [0.717, 1.165) is 31.7 Å². The number of hydrogen-bond acceptors (Lipinski definition) is 8. The van der Waals surface area contributed by atoms with E-state index in [1.54, 1.807) is 24.3 Å². The molecule has 0 atom stereocenters. The lowest BCUT2D eigenvalue weighted by molar-refractivity contribution is -0.385. The Labute approximate surface area is 221 Å². The van der Waals surface area contributed by atoms with Gasteiger partial charge >= 0.3 is 0 Å². The summed E-state index contributed by atoms with van der Waals surface area (Å²) in [4.78, 5) is 28.8. The number of anilines is 1. The third-order valence-electron chi connectivity index (χ3n) is 6.34. The summed E-state index contributed by atoms with van der Waals surface area (Å²) < 4.78 is 17.0. The normalized spacial score (nSPS) is 14.1. The zero-order chi connectivity index (χ0) is 26.9. The summed E-state index contributed by atoms with van der Waals surface area (Å²) in [6, 6.07) is 19.2. The third-order valence-corrected chi connectivity index (χ3v) is 6.34. The average Bonchev–Trinajstić information content (AvgIpc) is 2.94. The van der Waals surface area contributed by atoms with Gasteiger partial charge in [0.2, 0.25) is 0 Å². The van der Waals surface area contributed by atoms with E-state index in [1.165, 1.54) is 19.2 Å². The van der Waals surface area contributed by atoms with Crippen molar-refractivity contribution in [3.05, 3.63) is 88.0 Å². The third kappa shape index (κ3) is 7.21. The number of nitrogens with one attached hydrogen (secondary N) is 1. The minimum atomic E-state index is -0.628. The van der Waals surface area contributed by atoms with Gasteiger partial charge in [-0.15, -0.1) is 0 Å². The van der Waals surface area contributed by atoms with Crippen LogP contribution in [0.3, 0.4) is 0 Å².